The highest BCUT2D eigenvalue weighted by Crippen LogP contribution is 2.35. The summed E-state index contributed by atoms with van der Waals surface area (Å²) in [5.74, 6) is -0.265. The Morgan fingerprint density at radius 2 is 1.89 bits per heavy atom. The van der Waals surface area contributed by atoms with E-state index in [0.717, 1.165) is 17.2 Å². The van der Waals surface area contributed by atoms with Crippen molar-refractivity contribution in [3.8, 4) is 17.0 Å². The van der Waals surface area contributed by atoms with Crippen LogP contribution in [0.15, 0.2) is 48.7 Å². The predicted molar refractivity (Wildman–Crippen MR) is 163 cm³/mol. The van der Waals surface area contributed by atoms with Crippen LogP contribution in [0, 0.1) is 0 Å². The summed E-state index contributed by atoms with van der Waals surface area (Å²) in [7, 11) is 3.10. The number of pyridine rings is 2. The zero-order chi connectivity index (χ0) is 32.0. The van der Waals surface area contributed by atoms with E-state index in [1.165, 1.54) is 11.0 Å². The fourth-order valence-electron chi connectivity index (χ4n) is 5.27. The first-order chi connectivity index (χ1) is 21.0. The van der Waals surface area contributed by atoms with E-state index < -0.39 is 17.8 Å². The summed E-state index contributed by atoms with van der Waals surface area (Å²) in [4.78, 5) is 40.3. The van der Waals surface area contributed by atoms with Crippen LogP contribution in [0.4, 0.5) is 24.7 Å². The number of nitrogens with one attached hydrogen (secondary N) is 1. The lowest BCUT2D eigenvalue weighted by atomic mass is 9.99. The maximum Gasteiger partial charge on any atom is 0.433 e. The summed E-state index contributed by atoms with van der Waals surface area (Å²) in [6.07, 6.45) is -2.33. The average molecular weight is 614 g/mol. The zero-order valence-electron chi connectivity index (χ0n) is 25.3. The van der Waals surface area contributed by atoms with Gasteiger partial charge in [-0.1, -0.05) is 13.0 Å². The number of nitrogens with two attached hydrogens (primary N) is 1. The molecule has 10 nitrogen and oxygen atoms in total. The van der Waals surface area contributed by atoms with Gasteiger partial charge in [-0.25, -0.2) is 9.97 Å². The van der Waals surface area contributed by atoms with Gasteiger partial charge in [-0.15, -0.1) is 0 Å². The molecule has 4 rings (SSSR count). The molecule has 3 heterocycles. The van der Waals surface area contributed by atoms with E-state index in [-0.39, 0.29) is 29.9 Å². The first-order valence-corrected chi connectivity index (χ1v) is 14.5. The minimum absolute atomic E-state index is 0.0448. The van der Waals surface area contributed by atoms with Gasteiger partial charge in [-0.2, -0.15) is 13.2 Å². The van der Waals surface area contributed by atoms with Gasteiger partial charge in [0.1, 0.15) is 11.5 Å². The standard InChI is InChI=1S/C31H38F3N7O3/c1-5-21-19-40(30(43)23-10-12-26(31(32,33)34)38-27(23)39(3)4)16-17-41(21)25-11-9-20(18-24(25)28(42)36-15-13-35)22-8-7-14-37-29(22)44-6-2/h7-12,14,18,21H,5-6,13,15-17,19,35H2,1-4H3,(H,36,42)/t21-/m1/s1. The minimum atomic E-state index is -4.63. The molecular formula is C31H38F3N7O3. The van der Waals surface area contributed by atoms with Crippen LogP contribution in [0.25, 0.3) is 11.1 Å². The number of rotatable bonds is 10. The van der Waals surface area contributed by atoms with Crippen molar-refractivity contribution >= 4 is 23.3 Å². The molecule has 0 aliphatic carbocycles. The fraction of sp³-hybridized carbons (Fsp3) is 0.419. The van der Waals surface area contributed by atoms with Gasteiger partial charge in [-0.3, -0.25) is 9.59 Å². The van der Waals surface area contributed by atoms with Crippen LogP contribution in [0.3, 0.4) is 0 Å². The van der Waals surface area contributed by atoms with E-state index in [1.807, 2.05) is 38.1 Å². The highest BCUT2D eigenvalue weighted by atomic mass is 19.4. The molecule has 0 spiro atoms. The second kappa shape index (κ2) is 13.9. The summed E-state index contributed by atoms with van der Waals surface area (Å²) in [6.45, 7) is 5.90. The molecule has 1 saturated heterocycles. The van der Waals surface area contributed by atoms with Gasteiger partial charge in [0.25, 0.3) is 11.8 Å². The molecule has 3 N–H and O–H groups in total. The first kappa shape index (κ1) is 32.5. The maximum absolute atomic E-state index is 13.6. The quantitative estimate of drug-likeness (QED) is 0.352. The molecule has 1 fully saturated rings. The number of aromatic nitrogens is 2. The summed E-state index contributed by atoms with van der Waals surface area (Å²) >= 11 is 0. The highest BCUT2D eigenvalue weighted by Gasteiger charge is 2.36. The molecule has 13 heteroatoms. The Balaban J connectivity index is 1.66. The van der Waals surface area contributed by atoms with E-state index in [9.17, 15) is 22.8 Å². The molecule has 236 valence electrons. The van der Waals surface area contributed by atoms with Gasteiger partial charge < -0.3 is 30.5 Å². The Labute approximate surface area is 255 Å². The van der Waals surface area contributed by atoms with E-state index in [4.69, 9.17) is 10.5 Å². The third kappa shape index (κ3) is 7.04. The van der Waals surface area contributed by atoms with E-state index in [1.54, 1.807) is 31.3 Å². The Morgan fingerprint density at radius 1 is 1.11 bits per heavy atom. The van der Waals surface area contributed by atoms with E-state index in [0.29, 0.717) is 56.3 Å². The van der Waals surface area contributed by atoms with Crippen molar-refractivity contribution in [1.82, 2.24) is 20.2 Å². The SMILES string of the molecule is CCOc1ncccc1-c1ccc(N2CCN(C(=O)c3ccc(C(F)(F)F)nc3N(C)C)C[C@H]2CC)c(C(=O)NCCN)c1. The molecule has 2 amide bonds. The Morgan fingerprint density at radius 3 is 2.55 bits per heavy atom. The van der Waals surface area contributed by atoms with Crippen LogP contribution in [0.5, 0.6) is 5.88 Å². The molecule has 44 heavy (non-hydrogen) atoms. The van der Waals surface area contributed by atoms with Gasteiger partial charge in [0, 0.05) is 70.3 Å². The molecule has 1 aliphatic heterocycles. The van der Waals surface area contributed by atoms with Crippen LogP contribution < -0.4 is 25.6 Å². The largest absolute Gasteiger partial charge is 0.478 e. The third-order valence-corrected chi connectivity index (χ3v) is 7.40. The molecule has 2 aromatic heterocycles. The Bertz CT molecular complexity index is 1480. The topological polar surface area (TPSA) is 117 Å². The van der Waals surface area contributed by atoms with Gasteiger partial charge in [0.15, 0.2) is 0 Å². The lowest BCUT2D eigenvalue weighted by molar-refractivity contribution is -0.141. The minimum Gasteiger partial charge on any atom is -0.478 e. The normalized spacial score (nSPS) is 15.2. The molecule has 0 radical (unpaired) electrons. The number of nitrogens with zero attached hydrogens (tertiary/aromatic N) is 5. The fourth-order valence-corrected chi connectivity index (χ4v) is 5.27. The average Bonchev–Trinajstić information content (AvgIpc) is 3.02. The third-order valence-electron chi connectivity index (χ3n) is 7.40. The van der Waals surface area contributed by atoms with Crippen molar-refractivity contribution in [2.75, 3.05) is 63.2 Å². The highest BCUT2D eigenvalue weighted by molar-refractivity contribution is 6.02. The second-order valence-electron chi connectivity index (χ2n) is 10.5. The van der Waals surface area contributed by atoms with Crippen LogP contribution in [0.2, 0.25) is 0 Å². The molecular weight excluding hydrogens is 575 g/mol. The number of piperazine rings is 1. The maximum atomic E-state index is 13.6. The van der Waals surface area contributed by atoms with Gasteiger partial charge in [-0.05, 0) is 55.3 Å². The lowest BCUT2D eigenvalue weighted by Gasteiger charge is -2.43. The molecule has 1 aliphatic rings. The van der Waals surface area contributed by atoms with Gasteiger partial charge in [0.05, 0.1) is 17.7 Å². The Hall–Kier alpha value is -4.39. The van der Waals surface area contributed by atoms with Crippen molar-refractivity contribution in [2.24, 2.45) is 5.73 Å². The van der Waals surface area contributed by atoms with Crippen LogP contribution in [-0.2, 0) is 6.18 Å². The molecule has 0 bridgehead atoms. The number of hydrogen-bond acceptors (Lipinski definition) is 8. The van der Waals surface area contributed by atoms with Crippen LogP contribution in [-0.4, -0.2) is 86.2 Å². The van der Waals surface area contributed by atoms with E-state index in [2.05, 4.69) is 20.2 Å². The van der Waals surface area contributed by atoms with Crippen molar-refractivity contribution in [2.45, 2.75) is 32.5 Å². The number of halogens is 3. The van der Waals surface area contributed by atoms with Crippen molar-refractivity contribution in [3.63, 3.8) is 0 Å². The number of hydrogen-bond donors (Lipinski definition) is 2. The van der Waals surface area contributed by atoms with Crippen molar-refractivity contribution in [1.29, 1.82) is 0 Å². The van der Waals surface area contributed by atoms with E-state index >= 15 is 0 Å². The Kier molecular flexibility index (Phi) is 10.3. The molecule has 3 aromatic rings. The predicted octanol–water partition coefficient (Wildman–Crippen LogP) is 4.06. The monoisotopic (exact) mass is 613 g/mol. The number of anilines is 2. The van der Waals surface area contributed by atoms with Crippen molar-refractivity contribution < 1.29 is 27.5 Å². The smallest absolute Gasteiger partial charge is 0.433 e. The van der Waals surface area contributed by atoms with Crippen molar-refractivity contribution in [3.05, 3.63) is 65.5 Å². The second-order valence-corrected chi connectivity index (χ2v) is 10.5. The van der Waals surface area contributed by atoms with Gasteiger partial charge >= 0.3 is 6.18 Å². The first-order valence-electron chi connectivity index (χ1n) is 14.5. The zero-order valence-corrected chi connectivity index (χ0v) is 25.3. The van der Waals surface area contributed by atoms with Crippen LogP contribution in [0.1, 0.15) is 46.7 Å². The molecule has 0 saturated carbocycles. The number of benzene rings is 1. The summed E-state index contributed by atoms with van der Waals surface area (Å²) in [5.41, 5.74) is 7.35. The lowest BCUT2D eigenvalue weighted by Crippen LogP contribution is -2.55. The molecule has 1 atom stereocenters. The van der Waals surface area contributed by atoms with Gasteiger partial charge in [0.2, 0.25) is 5.88 Å². The number of alkyl halides is 3. The number of amides is 2. The summed E-state index contributed by atoms with van der Waals surface area (Å²) in [6, 6.07) is 11.2. The number of carbonyl (C=O) groups is 2. The number of ether oxygens (including phenoxy) is 1. The summed E-state index contributed by atoms with van der Waals surface area (Å²) < 4.78 is 45.7. The summed E-state index contributed by atoms with van der Waals surface area (Å²) in [5, 5.41) is 2.87. The van der Waals surface area contributed by atoms with Crippen LogP contribution >= 0.6 is 0 Å². The number of carbonyl (C=O) groups excluding carboxylic acids is 2. The molecule has 1 aromatic carbocycles. The molecule has 0 unspecified atom stereocenters.